The van der Waals surface area contributed by atoms with Gasteiger partial charge in [-0.15, -0.1) is 0 Å². The predicted molar refractivity (Wildman–Crippen MR) is 130 cm³/mol. The summed E-state index contributed by atoms with van der Waals surface area (Å²) < 4.78 is 8.78. The summed E-state index contributed by atoms with van der Waals surface area (Å²) in [5, 5.41) is 4.48. The van der Waals surface area contributed by atoms with Gasteiger partial charge >= 0.3 is 5.97 Å². The summed E-state index contributed by atoms with van der Waals surface area (Å²) in [6, 6.07) is 14.9. The summed E-state index contributed by atoms with van der Waals surface area (Å²) in [6.07, 6.45) is 1.87. The van der Waals surface area contributed by atoms with Gasteiger partial charge in [0.15, 0.2) is 0 Å². The molecule has 3 nitrogen and oxygen atoms in total. The third-order valence-electron chi connectivity index (χ3n) is 5.85. The SMILES string of the molecule is CCCCOC(=O)c1cc2cc(C(C)(C)C)ccc2c2c3cc(Br)ccc3n(C)c12. The molecular formula is C26H28BrNO2. The van der Waals surface area contributed by atoms with E-state index in [-0.39, 0.29) is 11.4 Å². The van der Waals surface area contributed by atoms with Gasteiger partial charge in [-0.25, -0.2) is 4.79 Å². The first-order valence-electron chi connectivity index (χ1n) is 10.5. The standard InChI is InChI=1S/C26H28BrNO2/c1-6-7-12-30-25(29)21-14-16-13-17(26(2,3)4)8-10-19(16)23-20-15-18(27)9-11-22(20)28(5)24(21)23/h8-11,13-15H,6-7,12H2,1-5H3. The van der Waals surface area contributed by atoms with Gasteiger partial charge in [0.05, 0.1) is 17.7 Å². The number of hydrogen-bond donors (Lipinski definition) is 0. The van der Waals surface area contributed by atoms with Crippen LogP contribution in [0.25, 0.3) is 32.6 Å². The minimum absolute atomic E-state index is 0.0345. The average molecular weight is 466 g/mol. The molecule has 0 aliphatic carbocycles. The number of esters is 1. The number of benzene rings is 3. The van der Waals surface area contributed by atoms with Crippen LogP contribution in [0, 0.1) is 0 Å². The molecule has 0 aliphatic heterocycles. The van der Waals surface area contributed by atoms with Gasteiger partial charge in [0.1, 0.15) is 0 Å². The third kappa shape index (κ3) is 3.51. The lowest BCUT2D eigenvalue weighted by Crippen LogP contribution is -2.11. The highest BCUT2D eigenvalue weighted by Crippen LogP contribution is 2.39. The zero-order chi connectivity index (χ0) is 21.6. The lowest BCUT2D eigenvalue weighted by Gasteiger charge is -2.20. The van der Waals surface area contributed by atoms with E-state index >= 15 is 0 Å². The van der Waals surface area contributed by atoms with E-state index < -0.39 is 0 Å². The summed E-state index contributed by atoms with van der Waals surface area (Å²) in [5.41, 5.74) is 3.95. The van der Waals surface area contributed by atoms with E-state index in [1.807, 2.05) is 19.2 Å². The largest absolute Gasteiger partial charge is 0.462 e. The van der Waals surface area contributed by atoms with Crippen LogP contribution in [0.5, 0.6) is 0 Å². The fraction of sp³-hybridized carbons (Fsp3) is 0.346. The fourth-order valence-corrected chi connectivity index (χ4v) is 4.51. The van der Waals surface area contributed by atoms with Crippen LogP contribution in [0.1, 0.15) is 56.5 Å². The van der Waals surface area contributed by atoms with E-state index in [9.17, 15) is 4.79 Å². The molecule has 1 aromatic heterocycles. The van der Waals surface area contributed by atoms with E-state index in [4.69, 9.17) is 4.74 Å². The molecule has 4 aromatic rings. The molecule has 0 amide bonds. The van der Waals surface area contributed by atoms with Gasteiger partial charge in [0.25, 0.3) is 0 Å². The van der Waals surface area contributed by atoms with Crippen LogP contribution in [-0.2, 0) is 17.2 Å². The van der Waals surface area contributed by atoms with Crippen molar-refractivity contribution in [3.05, 3.63) is 58.1 Å². The minimum Gasteiger partial charge on any atom is -0.462 e. The van der Waals surface area contributed by atoms with Gasteiger partial charge < -0.3 is 9.30 Å². The molecule has 156 valence electrons. The first kappa shape index (κ1) is 20.9. The number of ether oxygens (including phenoxy) is 1. The van der Waals surface area contributed by atoms with E-state index in [0.717, 1.165) is 49.9 Å². The van der Waals surface area contributed by atoms with Crippen LogP contribution in [0.4, 0.5) is 0 Å². The number of aromatic nitrogens is 1. The number of carbonyl (C=O) groups is 1. The Balaban J connectivity index is 2.09. The molecule has 0 saturated carbocycles. The van der Waals surface area contributed by atoms with Crippen LogP contribution in [0.2, 0.25) is 0 Å². The lowest BCUT2D eigenvalue weighted by atomic mass is 9.85. The molecule has 0 bridgehead atoms. The number of hydrogen-bond acceptors (Lipinski definition) is 2. The van der Waals surface area contributed by atoms with Crippen molar-refractivity contribution in [2.45, 2.75) is 46.0 Å². The molecule has 0 saturated heterocycles. The average Bonchev–Trinajstić information content (AvgIpc) is 2.98. The Morgan fingerprint density at radius 3 is 2.53 bits per heavy atom. The lowest BCUT2D eigenvalue weighted by molar-refractivity contribution is 0.0502. The molecule has 4 heteroatoms. The van der Waals surface area contributed by atoms with Crippen molar-refractivity contribution in [2.24, 2.45) is 7.05 Å². The fourth-order valence-electron chi connectivity index (χ4n) is 4.15. The highest BCUT2D eigenvalue weighted by molar-refractivity contribution is 9.10. The normalized spacial score (nSPS) is 12.2. The summed E-state index contributed by atoms with van der Waals surface area (Å²) in [6.45, 7) is 9.18. The molecule has 0 atom stereocenters. The van der Waals surface area contributed by atoms with Crippen molar-refractivity contribution in [1.82, 2.24) is 4.57 Å². The number of nitrogens with zero attached hydrogens (tertiary/aromatic N) is 1. The molecule has 4 rings (SSSR count). The summed E-state index contributed by atoms with van der Waals surface area (Å²) in [7, 11) is 2.02. The Labute approximate surface area is 186 Å². The Bertz CT molecular complexity index is 1280. The number of rotatable bonds is 4. The van der Waals surface area contributed by atoms with Crippen LogP contribution < -0.4 is 0 Å². The number of unbranched alkanes of at least 4 members (excludes halogenated alkanes) is 1. The van der Waals surface area contributed by atoms with E-state index in [0.29, 0.717) is 12.2 Å². The third-order valence-corrected chi connectivity index (χ3v) is 6.35. The maximum atomic E-state index is 13.1. The van der Waals surface area contributed by atoms with Crippen molar-refractivity contribution in [3.8, 4) is 0 Å². The predicted octanol–water partition coefficient (Wildman–Crippen LogP) is 7.50. The summed E-state index contributed by atoms with van der Waals surface area (Å²) >= 11 is 3.62. The highest BCUT2D eigenvalue weighted by atomic mass is 79.9. The number of aryl methyl sites for hydroxylation is 1. The van der Waals surface area contributed by atoms with Gasteiger partial charge in [-0.3, -0.25) is 0 Å². The molecular weight excluding hydrogens is 438 g/mol. The summed E-state index contributed by atoms with van der Waals surface area (Å²) in [5.74, 6) is -0.249. The Hall–Kier alpha value is -2.33. The Kier molecular flexibility index (Phi) is 5.39. The molecule has 1 heterocycles. The number of fused-ring (bicyclic) bond motifs is 5. The number of carbonyl (C=O) groups excluding carboxylic acids is 1. The van der Waals surface area contributed by atoms with Gasteiger partial charge in [0.2, 0.25) is 0 Å². The zero-order valence-corrected chi connectivity index (χ0v) is 19.9. The maximum Gasteiger partial charge on any atom is 0.340 e. The first-order chi connectivity index (χ1) is 14.2. The second kappa shape index (κ2) is 7.73. The molecule has 0 N–H and O–H groups in total. The quantitative estimate of drug-likeness (QED) is 0.230. The zero-order valence-electron chi connectivity index (χ0n) is 18.3. The Morgan fingerprint density at radius 1 is 1.07 bits per heavy atom. The van der Waals surface area contributed by atoms with Crippen LogP contribution in [0.15, 0.2) is 46.9 Å². The Morgan fingerprint density at radius 2 is 1.83 bits per heavy atom. The molecule has 0 fully saturated rings. The van der Waals surface area contributed by atoms with Gasteiger partial charge in [-0.2, -0.15) is 0 Å². The molecule has 0 aliphatic rings. The second-order valence-corrected chi connectivity index (χ2v) is 9.96. The smallest absolute Gasteiger partial charge is 0.340 e. The summed E-state index contributed by atoms with van der Waals surface area (Å²) in [4.78, 5) is 13.1. The van der Waals surface area contributed by atoms with Gasteiger partial charge in [0, 0.05) is 27.8 Å². The molecule has 0 radical (unpaired) electrons. The van der Waals surface area contributed by atoms with E-state index in [1.54, 1.807) is 0 Å². The minimum atomic E-state index is -0.249. The van der Waals surface area contributed by atoms with Crippen molar-refractivity contribution in [3.63, 3.8) is 0 Å². The van der Waals surface area contributed by atoms with Crippen LogP contribution >= 0.6 is 15.9 Å². The topological polar surface area (TPSA) is 31.2 Å². The first-order valence-corrected chi connectivity index (χ1v) is 11.3. The van der Waals surface area contributed by atoms with E-state index in [2.05, 4.69) is 78.5 Å². The van der Waals surface area contributed by atoms with E-state index in [1.165, 1.54) is 5.56 Å². The highest BCUT2D eigenvalue weighted by Gasteiger charge is 2.22. The van der Waals surface area contributed by atoms with Crippen LogP contribution in [-0.4, -0.2) is 17.1 Å². The number of halogens is 1. The van der Waals surface area contributed by atoms with Gasteiger partial charge in [-0.1, -0.05) is 68.2 Å². The molecule has 0 spiro atoms. The van der Waals surface area contributed by atoms with Crippen molar-refractivity contribution < 1.29 is 9.53 Å². The maximum absolute atomic E-state index is 13.1. The van der Waals surface area contributed by atoms with Crippen molar-refractivity contribution >= 4 is 54.5 Å². The second-order valence-electron chi connectivity index (χ2n) is 9.04. The van der Waals surface area contributed by atoms with Crippen molar-refractivity contribution in [1.29, 1.82) is 0 Å². The molecule has 30 heavy (non-hydrogen) atoms. The van der Waals surface area contributed by atoms with Crippen molar-refractivity contribution in [2.75, 3.05) is 6.61 Å². The van der Waals surface area contributed by atoms with Gasteiger partial charge in [-0.05, 0) is 52.4 Å². The van der Waals surface area contributed by atoms with Crippen LogP contribution in [0.3, 0.4) is 0 Å². The molecule has 0 unspecified atom stereocenters. The molecule has 3 aromatic carbocycles. The monoisotopic (exact) mass is 465 g/mol.